The van der Waals surface area contributed by atoms with E-state index in [1.807, 2.05) is 0 Å². The van der Waals surface area contributed by atoms with Gasteiger partial charge < -0.3 is 14.5 Å². The molecule has 0 aromatic heterocycles. The van der Waals surface area contributed by atoms with Gasteiger partial charge in [0.05, 0.1) is 26.8 Å². The molecule has 11 nitrogen and oxygen atoms in total. The molecule has 120 valence electrons. The van der Waals surface area contributed by atoms with E-state index in [2.05, 4.69) is 0 Å². The molecule has 0 heterocycles. The Hall–Kier alpha value is -1.12. The normalized spacial score (nSPS) is 10.4. The second kappa shape index (κ2) is 8.51. The Morgan fingerprint density at radius 3 is 1.72 bits per heavy atom. The van der Waals surface area contributed by atoms with Crippen LogP contribution in [0.1, 0.15) is 10.4 Å². The number of nitro groups is 2. The van der Waals surface area contributed by atoms with Crippen molar-refractivity contribution in [1.82, 2.24) is 0 Å². The minimum atomic E-state index is -5.73. The third-order valence-corrected chi connectivity index (χ3v) is 3.82. The van der Waals surface area contributed by atoms with Gasteiger partial charge in [0.25, 0.3) is 0 Å². The molecule has 0 fully saturated rings. The molecule has 0 aliphatic rings. The second-order valence-electron chi connectivity index (χ2n) is 4.20. The molecule has 0 bridgehead atoms. The molecule has 0 aliphatic heterocycles. The Bertz CT molecular complexity index is 991. The monoisotopic (exact) mass is 386 g/mol. The van der Waals surface area contributed by atoms with Crippen LogP contribution in [0.25, 0.3) is 10.8 Å². The van der Waals surface area contributed by atoms with Gasteiger partial charge in [0, 0.05) is 5.39 Å². The fraction of sp³-hybridized carbons (Fsp3) is 0. The molecule has 0 aliphatic carbocycles. The molecule has 0 saturated carbocycles. The van der Waals surface area contributed by atoms with E-state index < -0.39 is 58.5 Å². The number of benzene rings is 2. The van der Waals surface area contributed by atoms with Crippen LogP contribution in [-0.4, -0.2) is 28.8 Å². The first-order valence-corrected chi connectivity index (χ1v) is 7.03. The van der Waals surface area contributed by atoms with Crippen molar-refractivity contribution < 1.29 is 91.8 Å². The zero-order valence-electron chi connectivity index (χ0n) is 12.8. The van der Waals surface area contributed by atoms with Gasteiger partial charge in [0.1, 0.15) is 10.1 Å². The smallest absolute Gasteiger partial charge is 0.744 e. The Labute approximate surface area is 183 Å². The standard InChI is InChI=1S/C11H6N2O9S.2Na/c14-11(15)7-5-3-1-2-4-6(5)8(12(16)17)10(23(20,21)22)9(7)13(18)19;;/h1-4H,(H,14,15)(H,20,21,22);;/q;2*+1/p-2. The van der Waals surface area contributed by atoms with E-state index >= 15 is 0 Å². The number of carboxylic acids is 1. The molecule has 0 saturated heterocycles. The Morgan fingerprint density at radius 1 is 0.920 bits per heavy atom. The van der Waals surface area contributed by atoms with E-state index in [-0.39, 0.29) is 59.1 Å². The number of hydrogen-bond donors (Lipinski definition) is 0. The Kier molecular flexibility index (Phi) is 8.13. The molecule has 14 heteroatoms. The van der Waals surface area contributed by atoms with E-state index in [1.165, 1.54) is 12.1 Å². The zero-order chi connectivity index (χ0) is 17.5. The van der Waals surface area contributed by atoms with Crippen LogP contribution in [0.2, 0.25) is 0 Å². The average molecular weight is 386 g/mol. The van der Waals surface area contributed by atoms with E-state index in [0.717, 1.165) is 12.1 Å². The molecular formula is C11H4N2Na2O9S. The first kappa shape index (κ1) is 23.9. The van der Waals surface area contributed by atoms with Crippen molar-refractivity contribution in [3.63, 3.8) is 0 Å². The summed E-state index contributed by atoms with van der Waals surface area (Å²) < 4.78 is 34.0. The fourth-order valence-electron chi connectivity index (χ4n) is 2.18. The Morgan fingerprint density at radius 2 is 1.36 bits per heavy atom. The van der Waals surface area contributed by atoms with Crippen LogP contribution in [0.4, 0.5) is 11.4 Å². The number of rotatable bonds is 4. The molecular weight excluding hydrogens is 382 g/mol. The van der Waals surface area contributed by atoms with Crippen molar-refractivity contribution in [3.8, 4) is 0 Å². The molecule has 25 heavy (non-hydrogen) atoms. The summed E-state index contributed by atoms with van der Waals surface area (Å²) in [6.07, 6.45) is 0. The number of fused-ring (bicyclic) bond motifs is 1. The number of carbonyl (C=O) groups is 1. The van der Waals surface area contributed by atoms with Gasteiger partial charge in [0.2, 0.25) is 4.90 Å². The van der Waals surface area contributed by atoms with Gasteiger partial charge in [-0.2, -0.15) is 0 Å². The van der Waals surface area contributed by atoms with Gasteiger partial charge in [-0.15, -0.1) is 0 Å². The molecule has 0 atom stereocenters. The van der Waals surface area contributed by atoms with Crippen LogP contribution in [0.5, 0.6) is 0 Å². The van der Waals surface area contributed by atoms with Crippen LogP contribution in [0.3, 0.4) is 0 Å². The van der Waals surface area contributed by atoms with Gasteiger partial charge in [-0.3, -0.25) is 20.2 Å². The third-order valence-electron chi connectivity index (χ3n) is 2.94. The van der Waals surface area contributed by atoms with Crippen LogP contribution in [0, 0.1) is 20.2 Å². The van der Waals surface area contributed by atoms with Gasteiger partial charge >= 0.3 is 70.5 Å². The summed E-state index contributed by atoms with van der Waals surface area (Å²) in [4.78, 5) is 28.9. The van der Waals surface area contributed by atoms with Crippen molar-refractivity contribution in [1.29, 1.82) is 0 Å². The maximum absolute atomic E-state index is 11.3. The summed E-state index contributed by atoms with van der Waals surface area (Å²) in [6, 6.07) is 4.41. The van der Waals surface area contributed by atoms with Crippen molar-refractivity contribution >= 4 is 38.2 Å². The van der Waals surface area contributed by atoms with Crippen LogP contribution < -0.4 is 64.2 Å². The van der Waals surface area contributed by atoms with Gasteiger partial charge in [-0.05, 0) is 6.07 Å². The van der Waals surface area contributed by atoms with E-state index in [4.69, 9.17) is 0 Å². The first-order valence-electron chi connectivity index (χ1n) is 5.62. The van der Waals surface area contributed by atoms with E-state index in [1.54, 1.807) is 0 Å². The van der Waals surface area contributed by atoms with Crippen molar-refractivity contribution in [2.24, 2.45) is 0 Å². The molecule has 0 N–H and O–H groups in total. The average Bonchev–Trinajstić information content (AvgIpc) is 2.42. The SMILES string of the molecule is O=C([O-])c1c([N+](=O)[O-])c(S(=O)(=O)[O-])c([N+](=O)[O-])c2ccccc12.[Na+].[Na+]. The summed E-state index contributed by atoms with van der Waals surface area (Å²) in [5.74, 6) is -2.15. The molecule has 2 aromatic rings. The Balaban J connectivity index is 0.00000288. The molecule has 0 spiro atoms. The van der Waals surface area contributed by atoms with Gasteiger partial charge in [-0.25, -0.2) is 8.42 Å². The van der Waals surface area contributed by atoms with Gasteiger partial charge in [0.15, 0.2) is 0 Å². The molecule has 0 amide bonds. The zero-order valence-corrected chi connectivity index (χ0v) is 17.6. The number of hydrogen-bond acceptors (Lipinski definition) is 9. The van der Waals surface area contributed by atoms with Crippen molar-refractivity contribution in [2.75, 3.05) is 0 Å². The van der Waals surface area contributed by atoms with Crippen LogP contribution >= 0.6 is 0 Å². The number of aromatic carboxylic acids is 1. The summed E-state index contributed by atoms with van der Waals surface area (Å²) in [6.45, 7) is 0. The summed E-state index contributed by atoms with van der Waals surface area (Å²) in [7, 11) is -5.73. The minimum Gasteiger partial charge on any atom is -0.744 e. The van der Waals surface area contributed by atoms with Crippen LogP contribution in [0.15, 0.2) is 29.2 Å². The predicted octanol–water partition coefficient (Wildman–Crippen LogP) is -6.07. The molecule has 0 radical (unpaired) electrons. The summed E-state index contributed by atoms with van der Waals surface area (Å²) in [5.41, 5.74) is -4.26. The molecule has 2 aromatic carbocycles. The third kappa shape index (κ3) is 4.35. The van der Waals surface area contributed by atoms with Crippen molar-refractivity contribution in [3.05, 3.63) is 50.1 Å². The first-order chi connectivity index (χ1) is 10.6. The number of carboxylic acid groups (broad SMARTS) is 1. The second-order valence-corrected chi connectivity index (χ2v) is 5.52. The minimum absolute atomic E-state index is 0. The van der Waals surface area contributed by atoms with E-state index in [0.29, 0.717) is 0 Å². The van der Waals surface area contributed by atoms with Crippen LogP contribution in [-0.2, 0) is 10.1 Å². The predicted molar refractivity (Wildman–Crippen MR) is 69.6 cm³/mol. The fourth-order valence-corrected chi connectivity index (χ4v) is 3.02. The van der Waals surface area contributed by atoms with Crippen molar-refractivity contribution in [2.45, 2.75) is 4.90 Å². The number of carbonyl (C=O) groups excluding carboxylic acids is 1. The quantitative estimate of drug-likeness (QED) is 0.213. The van der Waals surface area contributed by atoms with Gasteiger partial charge in [-0.1, -0.05) is 18.2 Å². The largest absolute Gasteiger partial charge is 1.00 e. The maximum atomic E-state index is 11.3. The number of nitro benzene ring substituents is 2. The summed E-state index contributed by atoms with van der Waals surface area (Å²) in [5, 5.41) is 32.4. The maximum Gasteiger partial charge on any atom is 1.00 e. The molecule has 2 rings (SSSR count). The number of nitrogens with zero attached hydrogens (tertiary/aromatic N) is 2. The molecule has 0 unspecified atom stereocenters. The topological polar surface area (TPSA) is 184 Å². The van der Waals surface area contributed by atoms with E-state index in [9.17, 15) is 43.1 Å². The summed E-state index contributed by atoms with van der Waals surface area (Å²) >= 11 is 0.